The van der Waals surface area contributed by atoms with Crippen molar-refractivity contribution in [3.63, 3.8) is 0 Å². The van der Waals surface area contributed by atoms with Crippen molar-refractivity contribution in [2.75, 3.05) is 18.6 Å². The number of carbonyl (C=O) groups is 2. The maximum absolute atomic E-state index is 11.6. The second kappa shape index (κ2) is 4.99. The summed E-state index contributed by atoms with van der Waals surface area (Å²) in [7, 11) is 1.41. The molecule has 0 aromatic heterocycles. The molecule has 1 saturated heterocycles. The Morgan fingerprint density at radius 1 is 1.41 bits per heavy atom. The van der Waals surface area contributed by atoms with Gasteiger partial charge in [-0.15, -0.1) is 0 Å². The van der Waals surface area contributed by atoms with E-state index >= 15 is 0 Å². The summed E-state index contributed by atoms with van der Waals surface area (Å²) in [5.41, 5.74) is 1.60. The molecule has 2 rings (SSSR count). The van der Waals surface area contributed by atoms with Gasteiger partial charge in [0.1, 0.15) is 12.3 Å². The summed E-state index contributed by atoms with van der Waals surface area (Å²) in [5, 5.41) is 0. The van der Waals surface area contributed by atoms with E-state index in [0.717, 1.165) is 31.4 Å². The molecule has 90 valence electrons. The Bertz CT molecular complexity index is 413. The van der Waals surface area contributed by atoms with Gasteiger partial charge in [-0.2, -0.15) is 0 Å². The van der Waals surface area contributed by atoms with Gasteiger partial charge in [0.15, 0.2) is 0 Å². The number of hydrogen-bond acceptors (Lipinski definition) is 4. The average molecular weight is 233 g/mol. The Labute approximate surface area is 100 Å². The molecule has 0 bridgehead atoms. The highest BCUT2D eigenvalue weighted by atomic mass is 16.5. The number of rotatable bonds is 3. The van der Waals surface area contributed by atoms with Crippen LogP contribution < -0.4 is 4.90 Å². The summed E-state index contributed by atoms with van der Waals surface area (Å²) in [4.78, 5) is 24.2. The predicted octanol–water partition coefficient (Wildman–Crippen LogP) is 1.64. The molecule has 17 heavy (non-hydrogen) atoms. The van der Waals surface area contributed by atoms with Gasteiger partial charge in [0.2, 0.25) is 0 Å². The molecular formula is C13H15NO3. The van der Waals surface area contributed by atoms with Crippen LogP contribution in [0.25, 0.3) is 0 Å². The third-order valence-electron chi connectivity index (χ3n) is 3.09. The van der Waals surface area contributed by atoms with Gasteiger partial charge >= 0.3 is 5.97 Å². The fourth-order valence-electron chi connectivity index (χ4n) is 2.20. The number of hydrogen-bond donors (Lipinski definition) is 0. The summed E-state index contributed by atoms with van der Waals surface area (Å²) >= 11 is 0. The molecule has 4 nitrogen and oxygen atoms in total. The summed E-state index contributed by atoms with van der Waals surface area (Å²) in [6.45, 7) is 0.847. The van der Waals surface area contributed by atoms with E-state index in [-0.39, 0.29) is 12.0 Å². The molecule has 4 heteroatoms. The number of benzene rings is 1. The Morgan fingerprint density at radius 2 is 2.12 bits per heavy atom. The van der Waals surface area contributed by atoms with Crippen LogP contribution in [0.2, 0.25) is 0 Å². The van der Waals surface area contributed by atoms with Gasteiger partial charge in [-0.25, -0.2) is 4.79 Å². The second-order valence-electron chi connectivity index (χ2n) is 4.08. The van der Waals surface area contributed by atoms with Gasteiger partial charge in [-0.1, -0.05) is 0 Å². The second-order valence-corrected chi connectivity index (χ2v) is 4.08. The number of anilines is 1. The largest absolute Gasteiger partial charge is 0.467 e. The van der Waals surface area contributed by atoms with Crippen LogP contribution in [0, 0.1) is 0 Å². The lowest BCUT2D eigenvalue weighted by Crippen LogP contribution is -2.36. The summed E-state index contributed by atoms with van der Waals surface area (Å²) in [6, 6.07) is 7.06. The van der Waals surface area contributed by atoms with Gasteiger partial charge in [-0.05, 0) is 37.1 Å². The monoisotopic (exact) mass is 233 g/mol. The van der Waals surface area contributed by atoms with E-state index in [0.29, 0.717) is 5.56 Å². The van der Waals surface area contributed by atoms with Crippen molar-refractivity contribution in [3.05, 3.63) is 29.8 Å². The minimum absolute atomic E-state index is 0.193. The van der Waals surface area contributed by atoms with Crippen molar-refractivity contribution in [1.29, 1.82) is 0 Å². The Morgan fingerprint density at radius 3 is 2.71 bits per heavy atom. The highest BCUT2D eigenvalue weighted by Gasteiger charge is 2.31. The minimum Gasteiger partial charge on any atom is -0.467 e. The van der Waals surface area contributed by atoms with E-state index in [4.69, 9.17) is 4.74 Å². The third-order valence-corrected chi connectivity index (χ3v) is 3.09. The van der Waals surface area contributed by atoms with Gasteiger partial charge in [0.25, 0.3) is 0 Å². The first kappa shape index (κ1) is 11.6. The van der Waals surface area contributed by atoms with Crippen LogP contribution in [0.1, 0.15) is 23.2 Å². The van der Waals surface area contributed by atoms with Crippen molar-refractivity contribution < 1.29 is 14.3 Å². The molecule has 0 amide bonds. The molecule has 1 aliphatic heterocycles. The molecule has 1 aliphatic rings. The van der Waals surface area contributed by atoms with E-state index < -0.39 is 0 Å². The van der Waals surface area contributed by atoms with Crippen LogP contribution in [-0.2, 0) is 9.53 Å². The first-order chi connectivity index (χ1) is 8.26. The molecular weight excluding hydrogens is 218 g/mol. The van der Waals surface area contributed by atoms with Crippen molar-refractivity contribution in [2.45, 2.75) is 18.9 Å². The molecule has 1 heterocycles. The van der Waals surface area contributed by atoms with E-state index in [1.165, 1.54) is 7.11 Å². The van der Waals surface area contributed by atoms with E-state index in [9.17, 15) is 9.59 Å². The standard InChI is InChI=1S/C13H15NO3/c1-17-13(16)12-3-2-8-14(12)11-6-4-10(9-15)5-7-11/h4-7,9,12H,2-3,8H2,1H3/t12-/m1/s1. The topological polar surface area (TPSA) is 46.6 Å². The highest BCUT2D eigenvalue weighted by molar-refractivity contribution is 5.81. The fraction of sp³-hybridized carbons (Fsp3) is 0.385. The normalized spacial score (nSPS) is 19.1. The zero-order chi connectivity index (χ0) is 12.3. The quantitative estimate of drug-likeness (QED) is 0.588. The van der Waals surface area contributed by atoms with Gasteiger partial charge in [-0.3, -0.25) is 4.79 Å². The van der Waals surface area contributed by atoms with Gasteiger partial charge in [0, 0.05) is 17.8 Å². The average Bonchev–Trinajstić information content (AvgIpc) is 2.87. The molecule has 1 atom stereocenters. The van der Waals surface area contributed by atoms with Crippen LogP contribution >= 0.6 is 0 Å². The van der Waals surface area contributed by atoms with Crippen molar-refractivity contribution >= 4 is 17.9 Å². The van der Waals surface area contributed by atoms with E-state index in [1.807, 2.05) is 17.0 Å². The Hall–Kier alpha value is -1.84. The summed E-state index contributed by atoms with van der Waals surface area (Å²) in [5.74, 6) is -0.193. The third kappa shape index (κ3) is 2.30. The highest BCUT2D eigenvalue weighted by Crippen LogP contribution is 2.26. The first-order valence-electron chi connectivity index (χ1n) is 5.66. The SMILES string of the molecule is COC(=O)[C@H]1CCCN1c1ccc(C=O)cc1. The lowest BCUT2D eigenvalue weighted by molar-refractivity contribution is -0.141. The van der Waals surface area contributed by atoms with E-state index in [1.54, 1.807) is 12.1 Å². The smallest absolute Gasteiger partial charge is 0.328 e. The zero-order valence-electron chi connectivity index (χ0n) is 9.76. The number of carbonyl (C=O) groups excluding carboxylic acids is 2. The fourth-order valence-corrected chi connectivity index (χ4v) is 2.20. The van der Waals surface area contributed by atoms with Crippen LogP contribution in [0.15, 0.2) is 24.3 Å². The van der Waals surface area contributed by atoms with E-state index in [2.05, 4.69) is 0 Å². The van der Waals surface area contributed by atoms with Crippen LogP contribution in [0.3, 0.4) is 0 Å². The molecule has 1 fully saturated rings. The number of methoxy groups -OCH3 is 1. The Kier molecular flexibility index (Phi) is 3.42. The molecule has 0 N–H and O–H groups in total. The molecule has 0 unspecified atom stereocenters. The van der Waals surface area contributed by atoms with Crippen molar-refractivity contribution in [1.82, 2.24) is 0 Å². The number of nitrogens with zero attached hydrogens (tertiary/aromatic N) is 1. The zero-order valence-corrected chi connectivity index (χ0v) is 9.76. The Balaban J connectivity index is 2.19. The van der Waals surface area contributed by atoms with Crippen LogP contribution in [0.4, 0.5) is 5.69 Å². The predicted molar refractivity (Wildman–Crippen MR) is 64.2 cm³/mol. The lowest BCUT2D eigenvalue weighted by Gasteiger charge is -2.24. The van der Waals surface area contributed by atoms with Gasteiger partial charge in [0.05, 0.1) is 7.11 Å². The maximum atomic E-state index is 11.6. The van der Waals surface area contributed by atoms with Crippen molar-refractivity contribution in [2.24, 2.45) is 0 Å². The molecule has 0 spiro atoms. The minimum atomic E-state index is -0.193. The van der Waals surface area contributed by atoms with Crippen LogP contribution in [-0.4, -0.2) is 32.0 Å². The van der Waals surface area contributed by atoms with Crippen molar-refractivity contribution in [3.8, 4) is 0 Å². The molecule has 0 radical (unpaired) electrons. The number of aldehydes is 1. The molecule has 0 aliphatic carbocycles. The number of ether oxygens (including phenoxy) is 1. The molecule has 1 aromatic rings. The maximum Gasteiger partial charge on any atom is 0.328 e. The molecule has 1 aromatic carbocycles. The first-order valence-corrected chi connectivity index (χ1v) is 5.66. The summed E-state index contributed by atoms with van der Waals surface area (Å²) < 4.78 is 4.79. The lowest BCUT2D eigenvalue weighted by atomic mass is 10.2. The summed E-state index contributed by atoms with van der Waals surface area (Å²) in [6.07, 6.45) is 2.61. The van der Waals surface area contributed by atoms with Gasteiger partial charge < -0.3 is 9.64 Å². The number of esters is 1. The van der Waals surface area contributed by atoms with Crippen LogP contribution in [0.5, 0.6) is 0 Å². The molecule has 0 saturated carbocycles.